The lowest BCUT2D eigenvalue weighted by atomic mass is 10.2. The molecule has 0 bridgehead atoms. The average Bonchev–Trinajstić information content (AvgIpc) is 2.42. The van der Waals surface area contributed by atoms with E-state index in [1.54, 1.807) is 12.1 Å². The molecule has 1 aromatic rings. The molecule has 0 spiro atoms. The highest BCUT2D eigenvalue weighted by atomic mass is 16.6. The number of hydrogen-bond acceptors (Lipinski definition) is 5. The average molecular weight is 267 g/mol. The van der Waals surface area contributed by atoms with Crippen molar-refractivity contribution in [2.45, 2.75) is 25.7 Å². The van der Waals surface area contributed by atoms with Gasteiger partial charge in [-0.1, -0.05) is 30.3 Å². The van der Waals surface area contributed by atoms with Crippen LogP contribution in [0.5, 0.6) is 0 Å². The minimum Gasteiger partial charge on any atom is -0.467 e. The lowest BCUT2D eigenvalue weighted by Crippen LogP contribution is -2.48. The Bertz CT molecular complexity index is 418. The molecule has 0 unspecified atom stereocenters. The summed E-state index contributed by atoms with van der Waals surface area (Å²) in [7, 11) is 1.18. The van der Waals surface area contributed by atoms with Gasteiger partial charge in [0.2, 0.25) is 0 Å². The number of methoxy groups -OCH3 is 1. The lowest BCUT2D eigenvalue weighted by molar-refractivity contribution is -0.145. The number of carbonyl (C=O) groups excluding carboxylic acids is 2. The Morgan fingerprint density at radius 2 is 1.95 bits per heavy atom. The van der Waals surface area contributed by atoms with Crippen LogP contribution >= 0.6 is 0 Å². The molecule has 0 aliphatic carbocycles. The van der Waals surface area contributed by atoms with E-state index in [1.165, 1.54) is 14.0 Å². The molecule has 2 N–H and O–H groups in total. The van der Waals surface area contributed by atoms with Crippen LogP contribution in [0.2, 0.25) is 0 Å². The van der Waals surface area contributed by atoms with E-state index in [0.29, 0.717) is 0 Å². The fourth-order valence-corrected chi connectivity index (χ4v) is 1.40. The molecular formula is C13H17NO5. The Hall–Kier alpha value is -2.08. The molecule has 0 aromatic heterocycles. The van der Waals surface area contributed by atoms with Gasteiger partial charge in [0.25, 0.3) is 0 Å². The standard InChI is InChI=1S/C13H17NO5/c1-9(15)11(12(16)18-2)14-13(17)19-8-10-6-4-3-5-7-10/h3-7,9,11,15H,8H2,1-2H3,(H,14,17)/t9-,11-/m1/s1. The summed E-state index contributed by atoms with van der Waals surface area (Å²) in [6.07, 6.45) is -1.86. The first kappa shape index (κ1) is 15.0. The first-order valence-corrected chi connectivity index (χ1v) is 5.77. The van der Waals surface area contributed by atoms with E-state index in [0.717, 1.165) is 5.56 Å². The molecule has 0 heterocycles. The van der Waals surface area contributed by atoms with Gasteiger partial charge in [0.05, 0.1) is 13.2 Å². The zero-order valence-corrected chi connectivity index (χ0v) is 10.8. The molecule has 2 atom stereocenters. The first-order valence-electron chi connectivity index (χ1n) is 5.77. The topological polar surface area (TPSA) is 84.9 Å². The summed E-state index contributed by atoms with van der Waals surface area (Å²) in [6.45, 7) is 1.46. The van der Waals surface area contributed by atoms with Gasteiger partial charge in [-0.25, -0.2) is 9.59 Å². The Labute approximate surface area is 111 Å². The summed E-state index contributed by atoms with van der Waals surface area (Å²) in [6, 6.07) is 7.96. The number of rotatable bonds is 5. The summed E-state index contributed by atoms with van der Waals surface area (Å²) in [5.41, 5.74) is 0.823. The number of hydrogen-bond donors (Lipinski definition) is 2. The molecule has 1 rings (SSSR count). The zero-order valence-electron chi connectivity index (χ0n) is 10.8. The van der Waals surface area contributed by atoms with Crippen molar-refractivity contribution in [1.29, 1.82) is 0 Å². The van der Waals surface area contributed by atoms with Crippen molar-refractivity contribution in [1.82, 2.24) is 5.32 Å². The predicted molar refractivity (Wildman–Crippen MR) is 67.2 cm³/mol. The summed E-state index contributed by atoms with van der Waals surface area (Å²) in [5, 5.41) is 11.6. The maximum absolute atomic E-state index is 11.5. The van der Waals surface area contributed by atoms with Crippen molar-refractivity contribution >= 4 is 12.1 Å². The van der Waals surface area contributed by atoms with Crippen LogP contribution < -0.4 is 5.32 Å². The van der Waals surface area contributed by atoms with Crippen molar-refractivity contribution < 1.29 is 24.2 Å². The van der Waals surface area contributed by atoms with Crippen LogP contribution in [0.15, 0.2) is 30.3 Å². The molecule has 0 radical (unpaired) electrons. The molecule has 0 saturated heterocycles. The number of esters is 1. The number of alkyl carbamates (subject to hydrolysis) is 1. The highest BCUT2D eigenvalue weighted by Gasteiger charge is 2.26. The van der Waals surface area contributed by atoms with Gasteiger partial charge in [0.1, 0.15) is 6.61 Å². The van der Waals surface area contributed by atoms with Gasteiger partial charge in [-0.05, 0) is 12.5 Å². The fourth-order valence-electron chi connectivity index (χ4n) is 1.40. The molecule has 19 heavy (non-hydrogen) atoms. The van der Waals surface area contributed by atoms with Gasteiger partial charge in [0.15, 0.2) is 6.04 Å². The van der Waals surface area contributed by atoms with E-state index >= 15 is 0 Å². The van der Waals surface area contributed by atoms with Gasteiger partial charge >= 0.3 is 12.1 Å². The number of nitrogens with one attached hydrogen (secondary N) is 1. The van der Waals surface area contributed by atoms with Crippen molar-refractivity contribution in [3.05, 3.63) is 35.9 Å². The van der Waals surface area contributed by atoms with Crippen LogP contribution in [0.25, 0.3) is 0 Å². The molecule has 104 valence electrons. The maximum atomic E-state index is 11.5. The van der Waals surface area contributed by atoms with Gasteiger partial charge in [-0.15, -0.1) is 0 Å². The van der Waals surface area contributed by atoms with Gasteiger partial charge in [-0.2, -0.15) is 0 Å². The minimum atomic E-state index is -1.15. The number of aliphatic hydroxyl groups is 1. The van der Waals surface area contributed by atoms with Crippen molar-refractivity contribution in [2.75, 3.05) is 7.11 Å². The third-order valence-electron chi connectivity index (χ3n) is 2.42. The third-order valence-corrected chi connectivity index (χ3v) is 2.42. The van der Waals surface area contributed by atoms with Crippen LogP contribution in [-0.4, -0.2) is 36.4 Å². The summed E-state index contributed by atoms with van der Waals surface area (Å²) in [5.74, 6) is -0.730. The molecule has 0 saturated carbocycles. The number of benzene rings is 1. The van der Waals surface area contributed by atoms with Crippen LogP contribution in [0.3, 0.4) is 0 Å². The first-order chi connectivity index (χ1) is 9.04. The normalized spacial score (nSPS) is 13.2. The van der Waals surface area contributed by atoms with E-state index in [-0.39, 0.29) is 6.61 Å². The quantitative estimate of drug-likeness (QED) is 0.772. The van der Waals surface area contributed by atoms with Gasteiger partial charge in [0, 0.05) is 0 Å². The molecule has 0 aliphatic rings. The molecule has 0 aliphatic heterocycles. The molecule has 1 amide bonds. The molecule has 0 fully saturated rings. The fraction of sp³-hybridized carbons (Fsp3) is 0.385. The van der Waals surface area contributed by atoms with Crippen molar-refractivity contribution in [3.8, 4) is 0 Å². The SMILES string of the molecule is COC(=O)[C@H](NC(=O)OCc1ccccc1)[C@@H](C)O. The summed E-state index contributed by atoms with van der Waals surface area (Å²) in [4.78, 5) is 22.8. The second kappa shape index (κ2) is 7.38. The highest BCUT2D eigenvalue weighted by Crippen LogP contribution is 2.02. The van der Waals surface area contributed by atoms with Crippen LogP contribution in [0.1, 0.15) is 12.5 Å². The third kappa shape index (κ3) is 4.97. The Balaban J connectivity index is 2.47. The predicted octanol–water partition coefficient (Wildman–Crippen LogP) is 0.835. The largest absolute Gasteiger partial charge is 0.467 e. The number of carbonyl (C=O) groups is 2. The van der Waals surface area contributed by atoms with E-state index in [1.807, 2.05) is 18.2 Å². The molecule has 6 heteroatoms. The molecule has 6 nitrogen and oxygen atoms in total. The van der Waals surface area contributed by atoms with Crippen LogP contribution in [0, 0.1) is 0 Å². The van der Waals surface area contributed by atoms with E-state index < -0.39 is 24.2 Å². The lowest BCUT2D eigenvalue weighted by Gasteiger charge is -2.18. The van der Waals surface area contributed by atoms with Crippen LogP contribution in [0.4, 0.5) is 4.79 Å². The van der Waals surface area contributed by atoms with Gasteiger partial charge < -0.3 is 19.9 Å². The molecule has 1 aromatic carbocycles. The smallest absolute Gasteiger partial charge is 0.408 e. The monoisotopic (exact) mass is 267 g/mol. The van der Waals surface area contributed by atoms with E-state index in [9.17, 15) is 14.7 Å². The molecular weight excluding hydrogens is 250 g/mol. The van der Waals surface area contributed by atoms with E-state index in [2.05, 4.69) is 10.1 Å². The number of ether oxygens (including phenoxy) is 2. The van der Waals surface area contributed by atoms with Crippen LogP contribution in [-0.2, 0) is 20.9 Å². The zero-order chi connectivity index (χ0) is 14.3. The van der Waals surface area contributed by atoms with Crippen molar-refractivity contribution in [2.24, 2.45) is 0 Å². The minimum absolute atomic E-state index is 0.0837. The van der Waals surface area contributed by atoms with E-state index in [4.69, 9.17) is 4.74 Å². The Morgan fingerprint density at radius 3 is 2.47 bits per heavy atom. The Morgan fingerprint density at radius 1 is 1.32 bits per heavy atom. The van der Waals surface area contributed by atoms with Gasteiger partial charge in [-0.3, -0.25) is 0 Å². The maximum Gasteiger partial charge on any atom is 0.408 e. The second-order valence-corrected chi connectivity index (χ2v) is 3.95. The second-order valence-electron chi connectivity index (χ2n) is 3.95. The number of amides is 1. The highest BCUT2D eigenvalue weighted by molar-refractivity contribution is 5.81. The summed E-state index contributed by atoms with van der Waals surface area (Å²) < 4.78 is 9.40. The van der Waals surface area contributed by atoms with Crippen molar-refractivity contribution in [3.63, 3.8) is 0 Å². The summed E-state index contributed by atoms with van der Waals surface area (Å²) >= 11 is 0. The Kier molecular flexibility index (Phi) is 5.81. The number of aliphatic hydroxyl groups excluding tert-OH is 1.